The van der Waals surface area contributed by atoms with Crippen molar-refractivity contribution in [2.45, 2.75) is 0 Å². The quantitative estimate of drug-likeness (QED) is 0.393. The van der Waals surface area contributed by atoms with Gasteiger partial charge in [0.2, 0.25) is 0 Å². The van der Waals surface area contributed by atoms with Gasteiger partial charge in [0.05, 0.1) is 0 Å². The summed E-state index contributed by atoms with van der Waals surface area (Å²) >= 11 is -0.973. The van der Waals surface area contributed by atoms with Crippen molar-refractivity contribution in [1.82, 2.24) is 0 Å². The SMILES string of the molecule is [O]=[V][O][SiH3]. The van der Waals surface area contributed by atoms with Crippen LogP contribution in [0.1, 0.15) is 0 Å². The van der Waals surface area contributed by atoms with Gasteiger partial charge in [-0.1, -0.05) is 0 Å². The summed E-state index contributed by atoms with van der Waals surface area (Å²) in [7, 11) is 0.619. The molecule has 24 valence electrons. The van der Waals surface area contributed by atoms with E-state index in [0.29, 0.717) is 10.5 Å². The molecule has 0 unspecified atom stereocenters. The first kappa shape index (κ1) is 4.56. The van der Waals surface area contributed by atoms with Gasteiger partial charge >= 0.3 is 34.1 Å². The van der Waals surface area contributed by atoms with Crippen molar-refractivity contribution in [2.75, 3.05) is 0 Å². The molecule has 0 atom stereocenters. The van der Waals surface area contributed by atoms with Gasteiger partial charge in [0.1, 0.15) is 0 Å². The molecule has 0 fully saturated rings. The monoisotopic (exact) mass is 114 g/mol. The van der Waals surface area contributed by atoms with Crippen LogP contribution in [-0.4, -0.2) is 10.5 Å². The van der Waals surface area contributed by atoms with E-state index < -0.39 is 16.6 Å². The van der Waals surface area contributed by atoms with Crippen LogP contribution in [0.25, 0.3) is 0 Å². The first-order valence-corrected chi connectivity index (χ1v) is 2.73. The third kappa shape index (κ3) is 2.56. The molecule has 2 nitrogen and oxygen atoms in total. The maximum atomic E-state index is 9.20. The van der Waals surface area contributed by atoms with Crippen LogP contribution in [-0.2, 0) is 23.6 Å². The number of hydrogen-bond donors (Lipinski definition) is 0. The predicted octanol–water partition coefficient (Wildman–Crippen LogP) is -1.37. The fourth-order valence-corrected chi connectivity index (χ4v) is 0. The van der Waals surface area contributed by atoms with E-state index in [1.807, 2.05) is 0 Å². The second kappa shape index (κ2) is 3.56. The molecule has 4 heteroatoms. The summed E-state index contributed by atoms with van der Waals surface area (Å²) in [6.45, 7) is 0. The van der Waals surface area contributed by atoms with E-state index in [2.05, 4.69) is 3.35 Å². The van der Waals surface area contributed by atoms with Crippen LogP contribution in [0.3, 0.4) is 0 Å². The Morgan fingerprint density at radius 1 is 2.00 bits per heavy atom. The molecule has 0 spiro atoms. The van der Waals surface area contributed by atoms with Crippen LogP contribution in [0.4, 0.5) is 0 Å². The Hall–Kier alpha value is 0.561. The maximum absolute atomic E-state index is 9.20. The van der Waals surface area contributed by atoms with Crippen molar-refractivity contribution in [1.29, 1.82) is 0 Å². The molecule has 0 radical (unpaired) electrons. The molecule has 0 rings (SSSR count). The van der Waals surface area contributed by atoms with Gasteiger partial charge < -0.3 is 0 Å². The van der Waals surface area contributed by atoms with E-state index in [1.54, 1.807) is 0 Å². The minimum absolute atomic E-state index is 0.619. The van der Waals surface area contributed by atoms with E-state index in [9.17, 15) is 3.67 Å². The molecular weight excluding hydrogens is 111 g/mol. The first-order valence-electron chi connectivity index (χ1n) is 0.773. The Kier molecular flexibility index (Phi) is 4.06. The molecule has 0 N–H and O–H groups in total. The van der Waals surface area contributed by atoms with Gasteiger partial charge in [-0.2, -0.15) is 0 Å². The molecule has 0 amide bonds. The standard InChI is InChI=1S/H3OSi.O.V/c1-2;;/h2H3;;/q-1;;+1. The van der Waals surface area contributed by atoms with Crippen LogP contribution in [0, 0.1) is 0 Å². The van der Waals surface area contributed by atoms with Gasteiger partial charge in [0, 0.05) is 0 Å². The van der Waals surface area contributed by atoms with Crippen molar-refractivity contribution < 1.29 is 23.6 Å². The second-order valence-electron chi connectivity index (χ2n) is 0.257. The Morgan fingerprint density at radius 3 is 2.25 bits per heavy atom. The third-order valence-corrected chi connectivity index (χ3v) is 0.922. The molecule has 0 heterocycles. The topological polar surface area (TPSA) is 26.3 Å². The van der Waals surface area contributed by atoms with Crippen LogP contribution in [0.5, 0.6) is 0 Å². The van der Waals surface area contributed by atoms with E-state index in [0.717, 1.165) is 0 Å². The third-order valence-electron chi connectivity index (χ3n) is 0.0745. The molecule has 0 saturated carbocycles. The van der Waals surface area contributed by atoms with Gasteiger partial charge in [0.15, 0.2) is 0 Å². The summed E-state index contributed by atoms with van der Waals surface area (Å²) in [6, 6.07) is 0. The average molecular weight is 114 g/mol. The summed E-state index contributed by atoms with van der Waals surface area (Å²) in [5.74, 6) is 0. The Labute approximate surface area is 34.7 Å². The molecule has 0 aliphatic heterocycles. The molecule has 0 aliphatic rings. The van der Waals surface area contributed by atoms with E-state index >= 15 is 0 Å². The predicted molar refractivity (Wildman–Crippen MR) is 11.7 cm³/mol. The van der Waals surface area contributed by atoms with Crippen LogP contribution in [0.2, 0.25) is 0 Å². The fourth-order valence-electron chi connectivity index (χ4n) is 0. The Morgan fingerprint density at radius 2 is 2.25 bits per heavy atom. The van der Waals surface area contributed by atoms with Gasteiger partial charge in [-0.3, -0.25) is 0 Å². The summed E-state index contributed by atoms with van der Waals surface area (Å²) in [4.78, 5) is 0. The molecule has 0 saturated heterocycles. The Balaban J connectivity index is 2.30. The second-order valence-corrected chi connectivity index (χ2v) is 2.57. The first-order chi connectivity index (χ1) is 1.91. The zero-order valence-corrected chi connectivity index (χ0v) is 5.66. The molecule has 0 aliphatic carbocycles. The zero-order chi connectivity index (χ0) is 3.41. The fraction of sp³-hybridized carbons (Fsp3) is 0. The minimum atomic E-state index is -0.973. The van der Waals surface area contributed by atoms with Crippen molar-refractivity contribution in [3.05, 3.63) is 0 Å². The summed E-state index contributed by atoms with van der Waals surface area (Å²) in [6.07, 6.45) is 0. The van der Waals surface area contributed by atoms with Crippen molar-refractivity contribution in [3.63, 3.8) is 0 Å². The van der Waals surface area contributed by atoms with Crippen LogP contribution < -0.4 is 0 Å². The molecular formula is H3O2SiV. The Bertz CT molecular complexity index is 20.0. The zero-order valence-electron chi connectivity index (χ0n) is 2.26. The normalized spacial score (nSPS) is 7.00. The summed E-state index contributed by atoms with van der Waals surface area (Å²) in [5.41, 5.74) is 0. The van der Waals surface area contributed by atoms with Gasteiger partial charge in [0.25, 0.3) is 0 Å². The summed E-state index contributed by atoms with van der Waals surface area (Å²) < 4.78 is 13.4. The van der Waals surface area contributed by atoms with Gasteiger partial charge in [-0.15, -0.1) is 0 Å². The van der Waals surface area contributed by atoms with E-state index in [4.69, 9.17) is 0 Å². The average Bonchev–Trinajstić information content (AvgIpc) is 1.37. The van der Waals surface area contributed by atoms with E-state index in [-0.39, 0.29) is 0 Å². The van der Waals surface area contributed by atoms with Crippen molar-refractivity contribution in [2.24, 2.45) is 0 Å². The summed E-state index contributed by atoms with van der Waals surface area (Å²) in [5, 5.41) is 0. The molecule has 0 bridgehead atoms. The van der Waals surface area contributed by atoms with Crippen LogP contribution in [0.15, 0.2) is 0 Å². The molecule has 0 aromatic rings. The van der Waals surface area contributed by atoms with Crippen molar-refractivity contribution in [3.8, 4) is 0 Å². The molecule has 4 heavy (non-hydrogen) atoms. The van der Waals surface area contributed by atoms with Gasteiger partial charge in [-0.25, -0.2) is 0 Å². The molecule has 0 aromatic carbocycles. The molecule has 0 aromatic heterocycles. The van der Waals surface area contributed by atoms with Crippen LogP contribution >= 0.6 is 0 Å². The number of hydrogen-bond acceptors (Lipinski definition) is 2. The number of rotatable bonds is 1. The van der Waals surface area contributed by atoms with E-state index in [1.165, 1.54) is 0 Å². The van der Waals surface area contributed by atoms with Gasteiger partial charge in [-0.05, 0) is 0 Å². The van der Waals surface area contributed by atoms with Crippen molar-refractivity contribution >= 4 is 10.5 Å².